The van der Waals surface area contributed by atoms with Crippen molar-refractivity contribution < 1.29 is 18.0 Å². The molecule has 0 spiro atoms. The number of anilines is 2. The maximum atomic E-state index is 12.7. The highest BCUT2D eigenvalue weighted by molar-refractivity contribution is 5.92. The molecule has 1 amide bonds. The van der Waals surface area contributed by atoms with E-state index in [1.165, 1.54) is 12.1 Å². The van der Waals surface area contributed by atoms with Crippen LogP contribution in [0.5, 0.6) is 0 Å². The van der Waals surface area contributed by atoms with E-state index in [0.717, 1.165) is 28.7 Å². The second-order valence-corrected chi connectivity index (χ2v) is 5.68. The molecule has 3 aromatic rings. The molecule has 3 rings (SSSR count). The number of nitrogens with zero attached hydrogens (tertiary/aromatic N) is 1. The van der Waals surface area contributed by atoms with Gasteiger partial charge in [0.1, 0.15) is 0 Å². The van der Waals surface area contributed by atoms with Crippen LogP contribution < -0.4 is 10.6 Å². The number of fused-ring (bicyclic) bond motifs is 1. The van der Waals surface area contributed by atoms with Gasteiger partial charge in [-0.05, 0) is 30.3 Å². The van der Waals surface area contributed by atoms with E-state index in [-0.39, 0.29) is 18.0 Å². The third-order valence-electron chi connectivity index (χ3n) is 3.77. The lowest BCUT2D eigenvalue weighted by atomic mass is 10.2. The van der Waals surface area contributed by atoms with Gasteiger partial charge in [-0.25, -0.2) is 0 Å². The zero-order valence-corrected chi connectivity index (χ0v) is 13.7. The molecule has 2 N–H and O–H groups in total. The summed E-state index contributed by atoms with van der Waals surface area (Å²) < 4.78 is 38.1. The van der Waals surface area contributed by atoms with Crippen LogP contribution in [-0.4, -0.2) is 17.4 Å². The number of para-hydroxylation sites is 1. The molecule has 26 heavy (non-hydrogen) atoms. The number of amides is 1. The summed E-state index contributed by atoms with van der Waals surface area (Å²) in [5.74, 6) is -0.370. The van der Waals surface area contributed by atoms with E-state index in [2.05, 4.69) is 15.6 Å². The van der Waals surface area contributed by atoms with E-state index < -0.39 is 11.7 Å². The van der Waals surface area contributed by atoms with Crippen molar-refractivity contribution in [3.8, 4) is 0 Å². The van der Waals surface area contributed by atoms with E-state index in [0.29, 0.717) is 6.54 Å². The van der Waals surface area contributed by atoms with Crippen LogP contribution in [0.4, 0.5) is 24.5 Å². The average Bonchev–Trinajstić information content (AvgIpc) is 2.61. The predicted molar refractivity (Wildman–Crippen MR) is 94.9 cm³/mol. The van der Waals surface area contributed by atoms with E-state index in [9.17, 15) is 18.0 Å². The molecule has 1 aromatic heterocycles. The molecule has 0 saturated carbocycles. The highest BCUT2D eigenvalue weighted by atomic mass is 19.4. The lowest BCUT2D eigenvalue weighted by Gasteiger charge is -2.11. The van der Waals surface area contributed by atoms with Gasteiger partial charge in [0, 0.05) is 30.2 Å². The molecule has 7 heteroatoms. The summed E-state index contributed by atoms with van der Waals surface area (Å²) in [6.07, 6.45) is -2.64. The second kappa shape index (κ2) is 7.43. The van der Waals surface area contributed by atoms with Crippen LogP contribution in [0.25, 0.3) is 10.9 Å². The van der Waals surface area contributed by atoms with E-state index in [1.54, 1.807) is 6.20 Å². The number of pyridine rings is 1. The number of carbonyl (C=O) groups is 1. The zero-order chi connectivity index (χ0) is 18.6. The van der Waals surface area contributed by atoms with Gasteiger partial charge in [0.25, 0.3) is 0 Å². The van der Waals surface area contributed by atoms with Crippen molar-refractivity contribution in [3.63, 3.8) is 0 Å². The first kappa shape index (κ1) is 17.7. The zero-order valence-electron chi connectivity index (χ0n) is 13.7. The van der Waals surface area contributed by atoms with Gasteiger partial charge < -0.3 is 10.6 Å². The SMILES string of the molecule is O=C(CCNc1cccc2cccnc12)Nc1cccc(C(F)(F)F)c1. The van der Waals surface area contributed by atoms with Gasteiger partial charge >= 0.3 is 6.18 Å². The van der Waals surface area contributed by atoms with Crippen molar-refractivity contribution in [2.24, 2.45) is 0 Å². The topological polar surface area (TPSA) is 54.0 Å². The molecule has 134 valence electrons. The highest BCUT2D eigenvalue weighted by Crippen LogP contribution is 2.30. The Morgan fingerprint density at radius 2 is 1.81 bits per heavy atom. The van der Waals surface area contributed by atoms with Gasteiger partial charge in [0.05, 0.1) is 16.8 Å². The molecule has 1 heterocycles. The molecule has 2 aromatic carbocycles. The first-order valence-corrected chi connectivity index (χ1v) is 7.98. The Morgan fingerprint density at radius 1 is 1.04 bits per heavy atom. The first-order valence-electron chi connectivity index (χ1n) is 7.98. The van der Waals surface area contributed by atoms with E-state index in [4.69, 9.17) is 0 Å². The third kappa shape index (κ3) is 4.30. The van der Waals surface area contributed by atoms with Gasteiger partial charge in [-0.1, -0.05) is 24.3 Å². The lowest BCUT2D eigenvalue weighted by molar-refractivity contribution is -0.137. The van der Waals surface area contributed by atoms with Crippen LogP contribution in [0, 0.1) is 0 Å². The van der Waals surface area contributed by atoms with Crippen LogP contribution in [-0.2, 0) is 11.0 Å². The minimum atomic E-state index is -4.44. The molecule has 0 saturated heterocycles. The summed E-state index contributed by atoms with van der Waals surface area (Å²) in [4.78, 5) is 16.3. The molecular weight excluding hydrogens is 343 g/mol. The quantitative estimate of drug-likeness (QED) is 0.695. The van der Waals surface area contributed by atoms with Gasteiger partial charge in [-0.15, -0.1) is 0 Å². The van der Waals surface area contributed by atoms with Gasteiger partial charge in [-0.3, -0.25) is 9.78 Å². The van der Waals surface area contributed by atoms with E-state index >= 15 is 0 Å². The third-order valence-corrected chi connectivity index (χ3v) is 3.77. The molecule has 0 radical (unpaired) electrons. The number of aromatic nitrogens is 1. The Labute approximate surface area is 148 Å². The van der Waals surface area contributed by atoms with Crippen LogP contribution in [0.1, 0.15) is 12.0 Å². The molecule has 0 aliphatic rings. The molecule has 4 nitrogen and oxygen atoms in total. The van der Waals surface area contributed by atoms with Crippen molar-refractivity contribution in [3.05, 3.63) is 66.4 Å². The summed E-state index contributed by atoms with van der Waals surface area (Å²) in [6.45, 7) is 0.334. The van der Waals surface area contributed by atoms with E-state index in [1.807, 2.05) is 30.3 Å². The Balaban J connectivity index is 1.58. The predicted octanol–water partition coefficient (Wildman–Crippen LogP) is 4.69. The van der Waals surface area contributed by atoms with Crippen molar-refractivity contribution in [2.75, 3.05) is 17.2 Å². The highest BCUT2D eigenvalue weighted by Gasteiger charge is 2.30. The number of carbonyl (C=O) groups excluding carboxylic acids is 1. The van der Waals surface area contributed by atoms with Crippen LogP contribution in [0.3, 0.4) is 0 Å². The van der Waals surface area contributed by atoms with Gasteiger partial charge in [-0.2, -0.15) is 13.2 Å². The van der Waals surface area contributed by atoms with Gasteiger partial charge in [0.15, 0.2) is 0 Å². The van der Waals surface area contributed by atoms with Crippen molar-refractivity contribution in [1.82, 2.24) is 4.98 Å². The smallest absolute Gasteiger partial charge is 0.383 e. The fraction of sp³-hybridized carbons (Fsp3) is 0.158. The summed E-state index contributed by atoms with van der Waals surface area (Å²) in [5.41, 5.74) is 0.926. The molecular formula is C19H16F3N3O. The maximum absolute atomic E-state index is 12.7. The Bertz CT molecular complexity index is 920. The number of rotatable bonds is 5. The van der Waals surface area contributed by atoms with Crippen molar-refractivity contribution >= 4 is 28.2 Å². The number of alkyl halides is 3. The van der Waals surface area contributed by atoms with Crippen molar-refractivity contribution in [1.29, 1.82) is 0 Å². The van der Waals surface area contributed by atoms with Crippen molar-refractivity contribution in [2.45, 2.75) is 12.6 Å². The summed E-state index contributed by atoms with van der Waals surface area (Å²) in [7, 11) is 0. The lowest BCUT2D eigenvalue weighted by Crippen LogP contribution is -2.17. The minimum absolute atomic E-state index is 0.111. The fourth-order valence-electron chi connectivity index (χ4n) is 2.55. The largest absolute Gasteiger partial charge is 0.416 e. The van der Waals surface area contributed by atoms with Crippen LogP contribution in [0.2, 0.25) is 0 Å². The number of halogens is 3. The summed E-state index contributed by atoms with van der Waals surface area (Å²) >= 11 is 0. The normalized spacial score (nSPS) is 11.3. The van der Waals surface area contributed by atoms with Gasteiger partial charge in [0.2, 0.25) is 5.91 Å². The Hall–Kier alpha value is -3.09. The van der Waals surface area contributed by atoms with Crippen LogP contribution in [0.15, 0.2) is 60.8 Å². The number of hydrogen-bond donors (Lipinski definition) is 2. The number of benzene rings is 2. The first-order chi connectivity index (χ1) is 12.4. The Kier molecular flexibility index (Phi) is 5.06. The fourth-order valence-corrected chi connectivity index (χ4v) is 2.55. The molecule has 0 aliphatic heterocycles. The minimum Gasteiger partial charge on any atom is -0.383 e. The standard InChI is InChI=1S/C19H16F3N3O/c20-19(21,22)14-6-2-7-15(12-14)25-17(26)9-11-23-16-8-1-4-13-5-3-10-24-18(13)16/h1-8,10,12,23H,9,11H2,(H,25,26). The summed E-state index contributed by atoms with van der Waals surface area (Å²) in [5, 5.41) is 6.60. The number of hydrogen-bond acceptors (Lipinski definition) is 3. The molecule has 0 aliphatic carbocycles. The van der Waals surface area contributed by atoms with Crippen LogP contribution >= 0.6 is 0 Å². The monoisotopic (exact) mass is 359 g/mol. The second-order valence-electron chi connectivity index (χ2n) is 5.68. The summed E-state index contributed by atoms with van der Waals surface area (Å²) in [6, 6.07) is 14.0. The molecule has 0 unspecified atom stereocenters. The maximum Gasteiger partial charge on any atom is 0.416 e. The molecule has 0 fully saturated rings. The Morgan fingerprint density at radius 3 is 2.62 bits per heavy atom. The molecule has 0 atom stereocenters. The average molecular weight is 359 g/mol. The number of nitrogens with one attached hydrogen (secondary N) is 2. The molecule has 0 bridgehead atoms.